The van der Waals surface area contributed by atoms with Crippen LogP contribution in [0.4, 0.5) is 0 Å². The third-order valence-electron chi connectivity index (χ3n) is 1.57. The Morgan fingerprint density at radius 3 is 2.73 bits per heavy atom. The zero-order valence-electron chi connectivity index (χ0n) is 7.28. The molecule has 4 heteroatoms. The highest BCUT2D eigenvalue weighted by Gasteiger charge is 1.97. The van der Waals surface area contributed by atoms with Gasteiger partial charge in [0.2, 0.25) is 0 Å². The molecule has 0 aliphatic carbocycles. The Morgan fingerprint density at radius 1 is 1.55 bits per heavy atom. The van der Waals surface area contributed by atoms with Crippen molar-refractivity contribution in [3.8, 4) is 0 Å². The van der Waals surface area contributed by atoms with Gasteiger partial charge in [0.1, 0.15) is 0 Å². The van der Waals surface area contributed by atoms with E-state index in [1.807, 2.05) is 25.7 Å². The normalized spacial score (nSPS) is 10.9. The van der Waals surface area contributed by atoms with Crippen molar-refractivity contribution in [3.63, 3.8) is 0 Å². The fourth-order valence-corrected chi connectivity index (χ4v) is 0.825. The molecular weight excluding hydrogens is 140 g/mol. The van der Waals surface area contributed by atoms with Gasteiger partial charge in [-0.05, 0) is 21.0 Å². The summed E-state index contributed by atoms with van der Waals surface area (Å²) in [6.45, 7) is 3.93. The van der Waals surface area contributed by atoms with E-state index in [0.717, 1.165) is 18.8 Å². The van der Waals surface area contributed by atoms with Crippen molar-refractivity contribution in [2.45, 2.75) is 13.5 Å². The van der Waals surface area contributed by atoms with E-state index in [1.165, 1.54) is 0 Å². The first kappa shape index (κ1) is 8.20. The summed E-state index contributed by atoms with van der Waals surface area (Å²) in [4.78, 5) is 2.13. The first-order chi connectivity index (χ1) is 5.20. The lowest BCUT2D eigenvalue weighted by molar-refractivity contribution is 0.368. The smallest absolute Gasteiger partial charge is 0.0722 e. The molecule has 0 N–H and O–H groups in total. The SMILES string of the molecule is Cc1cnnn1CCN(C)C. The molecule has 0 bridgehead atoms. The minimum atomic E-state index is 0.916. The molecule has 0 radical (unpaired) electrons. The third kappa shape index (κ3) is 2.31. The fraction of sp³-hybridized carbons (Fsp3) is 0.714. The second-order valence-electron chi connectivity index (χ2n) is 2.90. The molecule has 0 unspecified atom stereocenters. The molecule has 0 spiro atoms. The van der Waals surface area contributed by atoms with Crippen LogP contribution in [0.5, 0.6) is 0 Å². The van der Waals surface area contributed by atoms with Gasteiger partial charge >= 0.3 is 0 Å². The second kappa shape index (κ2) is 3.48. The highest BCUT2D eigenvalue weighted by atomic mass is 15.4. The van der Waals surface area contributed by atoms with Crippen molar-refractivity contribution >= 4 is 0 Å². The lowest BCUT2D eigenvalue weighted by Crippen LogP contribution is -2.19. The minimum Gasteiger partial charge on any atom is -0.308 e. The Kier molecular flexibility index (Phi) is 2.59. The number of aryl methyl sites for hydroxylation is 1. The van der Waals surface area contributed by atoms with Crippen molar-refractivity contribution < 1.29 is 0 Å². The molecule has 0 saturated carbocycles. The summed E-state index contributed by atoms with van der Waals surface area (Å²) in [5, 5.41) is 7.72. The van der Waals surface area contributed by atoms with Crippen LogP contribution in [0.2, 0.25) is 0 Å². The Balaban J connectivity index is 2.44. The lowest BCUT2D eigenvalue weighted by Gasteiger charge is -2.09. The third-order valence-corrected chi connectivity index (χ3v) is 1.57. The summed E-state index contributed by atoms with van der Waals surface area (Å²) in [6, 6.07) is 0. The minimum absolute atomic E-state index is 0.916. The number of aromatic nitrogens is 3. The summed E-state index contributed by atoms with van der Waals surface area (Å²) in [5.74, 6) is 0. The van der Waals surface area contributed by atoms with E-state index in [0.29, 0.717) is 0 Å². The zero-order chi connectivity index (χ0) is 8.27. The van der Waals surface area contributed by atoms with E-state index in [1.54, 1.807) is 6.20 Å². The van der Waals surface area contributed by atoms with E-state index in [9.17, 15) is 0 Å². The summed E-state index contributed by atoms with van der Waals surface area (Å²) < 4.78 is 1.90. The van der Waals surface area contributed by atoms with Gasteiger partial charge in [-0.2, -0.15) is 0 Å². The van der Waals surface area contributed by atoms with E-state index in [4.69, 9.17) is 0 Å². The molecule has 0 fully saturated rings. The largest absolute Gasteiger partial charge is 0.308 e. The van der Waals surface area contributed by atoms with Crippen LogP contribution in [0.15, 0.2) is 6.20 Å². The zero-order valence-corrected chi connectivity index (χ0v) is 7.28. The molecule has 0 saturated heterocycles. The van der Waals surface area contributed by atoms with E-state index < -0.39 is 0 Å². The first-order valence-corrected chi connectivity index (χ1v) is 3.70. The van der Waals surface area contributed by atoms with Gasteiger partial charge in [0, 0.05) is 6.54 Å². The lowest BCUT2D eigenvalue weighted by atomic mass is 10.5. The molecule has 4 nitrogen and oxygen atoms in total. The van der Waals surface area contributed by atoms with Crippen LogP contribution >= 0.6 is 0 Å². The fourth-order valence-electron chi connectivity index (χ4n) is 0.825. The molecule has 1 rings (SSSR count). The molecule has 0 aromatic carbocycles. The second-order valence-corrected chi connectivity index (χ2v) is 2.90. The quantitative estimate of drug-likeness (QED) is 0.621. The highest BCUT2D eigenvalue weighted by Crippen LogP contribution is 1.92. The van der Waals surface area contributed by atoms with Crippen LogP contribution in [-0.4, -0.2) is 40.5 Å². The Morgan fingerprint density at radius 2 is 2.27 bits per heavy atom. The van der Waals surface area contributed by atoms with Crippen LogP contribution < -0.4 is 0 Å². The van der Waals surface area contributed by atoms with Crippen molar-refractivity contribution in [2.24, 2.45) is 0 Å². The average Bonchev–Trinajstić information content (AvgIpc) is 2.31. The van der Waals surface area contributed by atoms with Crippen LogP contribution in [0.1, 0.15) is 5.69 Å². The predicted molar refractivity (Wildman–Crippen MR) is 43.3 cm³/mol. The Bertz CT molecular complexity index is 216. The molecule has 0 aliphatic heterocycles. The van der Waals surface area contributed by atoms with Crippen molar-refractivity contribution in [1.29, 1.82) is 0 Å². The molecule has 1 aromatic heterocycles. The standard InChI is InChI=1S/C7H14N4/c1-7-6-8-9-11(7)5-4-10(2)3/h6H,4-5H2,1-3H3. The van der Waals surface area contributed by atoms with Crippen LogP contribution in [0.3, 0.4) is 0 Å². The molecule has 0 atom stereocenters. The maximum atomic E-state index is 3.93. The monoisotopic (exact) mass is 154 g/mol. The maximum absolute atomic E-state index is 3.93. The van der Waals surface area contributed by atoms with Gasteiger partial charge in [-0.15, -0.1) is 5.10 Å². The highest BCUT2D eigenvalue weighted by molar-refractivity contribution is 4.88. The molecule has 0 amide bonds. The van der Waals surface area contributed by atoms with E-state index in [-0.39, 0.29) is 0 Å². The number of hydrogen-bond acceptors (Lipinski definition) is 3. The molecule has 1 aromatic rings. The molecule has 11 heavy (non-hydrogen) atoms. The summed E-state index contributed by atoms with van der Waals surface area (Å²) in [6.07, 6.45) is 1.77. The maximum Gasteiger partial charge on any atom is 0.0722 e. The molecule has 62 valence electrons. The predicted octanol–water partition coefficient (Wildman–Crippen LogP) is 0.148. The molecule has 0 aliphatic rings. The van der Waals surface area contributed by atoms with Crippen LogP contribution in [0, 0.1) is 6.92 Å². The van der Waals surface area contributed by atoms with Gasteiger partial charge in [0.15, 0.2) is 0 Å². The average molecular weight is 154 g/mol. The number of nitrogens with zero attached hydrogens (tertiary/aromatic N) is 4. The van der Waals surface area contributed by atoms with E-state index >= 15 is 0 Å². The van der Waals surface area contributed by atoms with Crippen molar-refractivity contribution in [3.05, 3.63) is 11.9 Å². The van der Waals surface area contributed by atoms with Crippen LogP contribution in [-0.2, 0) is 6.54 Å². The van der Waals surface area contributed by atoms with Gasteiger partial charge in [0.25, 0.3) is 0 Å². The van der Waals surface area contributed by atoms with Gasteiger partial charge in [0.05, 0.1) is 18.4 Å². The number of rotatable bonds is 3. The summed E-state index contributed by atoms with van der Waals surface area (Å²) >= 11 is 0. The van der Waals surface area contributed by atoms with Crippen molar-refractivity contribution in [1.82, 2.24) is 19.9 Å². The topological polar surface area (TPSA) is 34.0 Å². The Hall–Kier alpha value is -0.900. The van der Waals surface area contributed by atoms with E-state index in [2.05, 4.69) is 15.2 Å². The van der Waals surface area contributed by atoms with Gasteiger partial charge in [-0.1, -0.05) is 5.21 Å². The van der Waals surface area contributed by atoms with Gasteiger partial charge in [-0.25, -0.2) is 4.68 Å². The molecular formula is C7H14N4. The number of hydrogen-bond donors (Lipinski definition) is 0. The van der Waals surface area contributed by atoms with Gasteiger partial charge in [-0.3, -0.25) is 0 Å². The number of likely N-dealkylation sites (N-methyl/N-ethyl adjacent to an activating group) is 1. The molecule has 1 heterocycles. The Labute approximate surface area is 66.8 Å². The van der Waals surface area contributed by atoms with Crippen LogP contribution in [0.25, 0.3) is 0 Å². The van der Waals surface area contributed by atoms with Gasteiger partial charge < -0.3 is 4.90 Å². The van der Waals surface area contributed by atoms with Crippen molar-refractivity contribution in [2.75, 3.05) is 20.6 Å². The first-order valence-electron chi connectivity index (χ1n) is 3.70. The summed E-state index contributed by atoms with van der Waals surface area (Å²) in [5.41, 5.74) is 1.12. The summed E-state index contributed by atoms with van der Waals surface area (Å²) in [7, 11) is 4.10.